The second-order valence-corrected chi connectivity index (χ2v) is 4.87. The number of piperazine rings is 1. The van der Waals surface area contributed by atoms with Crippen LogP contribution in [-0.4, -0.2) is 49.7 Å². The molecule has 1 aliphatic rings. The van der Waals surface area contributed by atoms with Gasteiger partial charge in [0.05, 0.1) is 6.54 Å². The second-order valence-electron chi connectivity index (χ2n) is 4.87. The third-order valence-electron chi connectivity index (χ3n) is 3.52. The number of anilines is 1. The van der Waals surface area contributed by atoms with E-state index in [4.69, 9.17) is 6.42 Å². The fourth-order valence-electron chi connectivity index (χ4n) is 2.35. The summed E-state index contributed by atoms with van der Waals surface area (Å²) in [5.41, 5.74) is 2.18. The Bertz CT molecular complexity index is 508. The Morgan fingerprint density at radius 3 is 2.40 bits per heavy atom. The fraction of sp³-hybridized carbons (Fsp3) is 0.375. The number of hydrogen-bond donors (Lipinski definition) is 0. The van der Waals surface area contributed by atoms with E-state index in [9.17, 15) is 9.59 Å². The molecular weight excluding hydrogens is 252 g/mol. The summed E-state index contributed by atoms with van der Waals surface area (Å²) in [7, 11) is 0. The van der Waals surface area contributed by atoms with Crippen molar-refractivity contribution in [2.45, 2.75) is 6.42 Å². The van der Waals surface area contributed by atoms with Crippen LogP contribution in [0, 0.1) is 12.3 Å². The number of rotatable bonds is 5. The first-order valence-electron chi connectivity index (χ1n) is 6.72. The quantitative estimate of drug-likeness (QED) is 0.450. The zero-order chi connectivity index (χ0) is 14.4. The molecule has 1 saturated heterocycles. The number of carbonyl (C=O) groups is 2. The molecule has 1 fully saturated rings. The predicted octanol–water partition coefficient (Wildman–Crippen LogP) is 0.752. The molecule has 0 aliphatic carbocycles. The molecule has 0 saturated carbocycles. The molecule has 0 bridgehead atoms. The van der Waals surface area contributed by atoms with E-state index >= 15 is 0 Å². The molecule has 0 aromatic heterocycles. The summed E-state index contributed by atoms with van der Waals surface area (Å²) in [5, 5.41) is 0. The average Bonchev–Trinajstić information content (AvgIpc) is 2.49. The van der Waals surface area contributed by atoms with Crippen LogP contribution in [0.3, 0.4) is 0 Å². The van der Waals surface area contributed by atoms with Crippen LogP contribution in [0.15, 0.2) is 24.3 Å². The highest BCUT2D eigenvalue weighted by atomic mass is 16.1. The number of ketones is 1. The van der Waals surface area contributed by atoms with Gasteiger partial charge in [-0.3, -0.25) is 9.69 Å². The molecule has 1 heterocycles. The standard InChI is InChI=1S/C16H18N2O2/c1-2-16(20)13-17-8-10-18(11-9-17)15-5-3-14(4-6-15)7-12-19/h1,3-6,12H,7-11,13H2. The molecule has 0 unspecified atom stereocenters. The van der Waals surface area contributed by atoms with Crippen LogP contribution in [0.2, 0.25) is 0 Å². The molecule has 0 amide bonds. The van der Waals surface area contributed by atoms with Gasteiger partial charge in [-0.1, -0.05) is 12.1 Å². The topological polar surface area (TPSA) is 40.6 Å². The van der Waals surface area contributed by atoms with Gasteiger partial charge in [0, 0.05) is 38.3 Å². The van der Waals surface area contributed by atoms with E-state index in [0.717, 1.165) is 43.7 Å². The predicted molar refractivity (Wildman–Crippen MR) is 78.7 cm³/mol. The van der Waals surface area contributed by atoms with Gasteiger partial charge >= 0.3 is 0 Å². The molecule has 2 rings (SSSR count). The number of Topliss-reactive ketones (excluding diaryl/α,β-unsaturated/α-hetero) is 1. The van der Waals surface area contributed by atoms with Gasteiger partial charge in [0.25, 0.3) is 0 Å². The molecule has 1 aliphatic heterocycles. The number of hydrogen-bond acceptors (Lipinski definition) is 4. The van der Waals surface area contributed by atoms with Crippen molar-refractivity contribution < 1.29 is 9.59 Å². The Hall–Kier alpha value is -2.12. The first-order chi connectivity index (χ1) is 9.72. The average molecular weight is 270 g/mol. The van der Waals surface area contributed by atoms with Gasteiger partial charge in [0.1, 0.15) is 6.29 Å². The summed E-state index contributed by atoms with van der Waals surface area (Å²) >= 11 is 0. The van der Waals surface area contributed by atoms with Crippen LogP contribution >= 0.6 is 0 Å². The molecule has 4 nitrogen and oxygen atoms in total. The molecule has 0 N–H and O–H groups in total. The lowest BCUT2D eigenvalue weighted by Crippen LogP contribution is -2.47. The normalized spacial score (nSPS) is 15.7. The number of carbonyl (C=O) groups excluding carboxylic acids is 2. The number of terminal acetylenes is 1. The second kappa shape index (κ2) is 6.88. The third-order valence-corrected chi connectivity index (χ3v) is 3.52. The van der Waals surface area contributed by atoms with E-state index < -0.39 is 0 Å². The molecule has 0 atom stereocenters. The smallest absolute Gasteiger partial charge is 0.219 e. The Morgan fingerprint density at radius 2 is 1.85 bits per heavy atom. The van der Waals surface area contributed by atoms with Gasteiger partial charge in [-0.25, -0.2) is 0 Å². The Morgan fingerprint density at radius 1 is 1.20 bits per heavy atom. The van der Waals surface area contributed by atoms with E-state index in [-0.39, 0.29) is 5.78 Å². The van der Waals surface area contributed by atoms with E-state index in [1.54, 1.807) is 0 Å². The van der Waals surface area contributed by atoms with Gasteiger partial charge in [-0.05, 0) is 23.6 Å². The van der Waals surface area contributed by atoms with Crippen LogP contribution in [0.5, 0.6) is 0 Å². The van der Waals surface area contributed by atoms with Crippen molar-refractivity contribution in [3.05, 3.63) is 29.8 Å². The first-order valence-corrected chi connectivity index (χ1v) is 6.72. The van der Waals surface area contributed by atoms with E-state index in [1.807, 2.05) is 24.3 Å². The molecule has 20 heavy (non-hydrogen) atoms. The Kier molecular flexibility index (Phi) is 4.91. The lowest BCUT2D eigenvalue weighted by atomic mass is 10.1. The molecule has 0 radical (unpaired) electrons. The van der Waals surface area contributed by atoms with Crippen molar-refractivity contribution in [1.29, 1.82) is 0 Å². The maximum atomic E-state index is 11.2. The molecular formula is C16H18N2O2. The van der Waals surface area contributed by atoms with Crippen molar-refractivity contribution in [3.63, 3.8) is 0 Å². The minimum Gasteiger partial charge on any atom is -0.369 e. The molecule has 1 aromatic carbocycles. The highest BCUT2D eigenvalue weighted by Crippen LogP contribution is 2.17. The number of benzene rings is 1. The van der Waals surface area contributed by atoms with Crippen molar-refractivity contribution in [1.82, 2.24) is 4.90 Å². The van der Waals surface area contributed by atoms with Crippen LogP contribution in [0.1, 0.15) is 5.56 Å². The van der Waals surface area contributed by atoms with Crippen LogP contribution in [0.25, 0.3) is 0 Å². The first kappa shape index (κ1) is 14.3. The summed E-state index contributed by atoms with van der Waals surface area (Å²) in [4.78, 5) is 26.0. The molecule has 0 spiro atoms. The highest BCUT2D eigenvalue weighted by Gasteiger charge is 2.18. The van der Waals surface area contributed by atoms with Crippen LogP contribution < -0.4 is 4.90 Å². The summed E-state index contributed by atoms with van der Waals surface area (Å²) in [5.74, 6) is 1.99. The van der Waals surface area contributed by atoms with Crippen molar-refractivity contribution in [2.75, 3.05) is 37.6 Å². The summed E-state index contributed by atoms with van der Waals surface area (Å²) < 4.78 is 0. The summed E-state index contributed by atoms with van der Waals surface area (Å²) in [6, 6.07) is 8.05. The van der Waals surface area contributed by atoms with Crippen molar-refractivity contribution in [3.8, 4) is 12.3 Å². The third kappa shape index (κ3) is 3.69. The van der Waals surface area contributed by atoms with Gasteiger partial charge in [0.15, 0.2) is 0 Å². The minimum atomic E-state index is -0.156. The van der Waals surface area contributed by atoms with Crippen LogP contribution in [-0.2, 0) is 16.0 Å². The van der Waals surface area contributed by atoms with Crippen LogP contribution in [0.4, 0.5) is 5.69 Å². The molecule has 4 heteroatoms. The fourth-order valence-corrected chi connectivity index (χ4v) is 2.35. The zero-order valence-corrected chi connectivity index (χ0v) is 11.4. The summed E-state index contributed by atoms with van der Waals surface area (Å²) in [6.07, 6.45) is 6.46. The monoisotopic (exact) mass is 270 g/mol. The molecule has 1 aromatic rings. The Labute approximate surface area is 119 Å². The van der Waals surface area contributed by atoms with E-state index in [2.05, 4.69) is 15.7 Å². The number of aldehydes is 1. The summed E-state index contributed by atoms with van der Waals surface area (Å²) in [6.45, 7) is 3.78. The SMILES string of the molecule is C#CC(=O)CN1CCN(c2ccc(CC=O)cc2)CC1. The van der Waals surface area contributed by atoms with E-state index in [0.29, 0.717) is 13.0 Å². The largest absolute Gasteiger partial charge is 0.369 e. The maximum Gasteiger partial charge on any atom is 0.219 e. The molecule has 104 valence electrons. The van der Waals surface area contributed by atoms with Gasteiger partial charge in [-0.15, -0.1) is 6.42 Å². The van der Waals surface area contributed by atoms with Crippen molar-refractivity contribution >= 4 is 17.8 Å². The number of nitrogens with zero attached hydrogens (tertiary/aromatic N) is 2. The lowest BCUT2D eigenvalue weighted by Gasteiger charge is -2.35. The maximum absolute atomic E-state index is 11.2. The highest BCUT2D eigenvalue weighted by molar-refractivity contribution is 5.96. The zero-order valence-electron chi connectivity index (χ0n) is 11.4. The Balaban J connectivity index is 1.88. The van der Waals surface area contributed by atoms with E-state index in [1.165, 1.54) is 0 Å². The minimum absolute atomic E-state index is 0.156. The van der Waals surface area contributed by atoms with Crippen molar-refractivity contribution in [2.24, 2.45) is 0 Å². The van der Waals surface area contributed by atoms with Gasteiger partial charge < -0.3 is 9.69 Å². The van der Waals surface area contributed by atoms with Gasteiger partial charge in [0.2, 0.25) is 5.78 Å². The lowest BCUT2D eigenvalue weighted by molar-refractivity contribution is -0.115. The van der Waals surface area contributed by atoms with Gasteiger partial charge in [-0.2, -0.15) is 0 Å².